The summed E-state index contributed by atoms with van der Waals surface area (Å²) >= 11 is 0. The largest absolute Gasteiger partial charge is 0.492 e. The molecule has 222 valence electrons. The molecule has 0 spiro atoms. The number of carbonyl (C=O) groups is 2. The Balaban J connectivity index is 1.33. The maximum atomic E-state index is 14.6. The molecular formula is C31H36FN5O5. The van der Waals surface area contributed by atoms with Crippen molar-refractivity contribution < 1.29 is 28.2 Å². The molecule has 2 aromatic heterocycles. The number of anilines is 2. The summed E-state index contributed by atoms with van der Waals surface area (Å²) in [4.78, 5) is 35.8. The minimum absolute atomic E-state index is 0.0411. The van der Waals surface area contributed by atoms with Gasteiger partial charge in [-0.05, 0) is 64.2 Å². The Bertz CT molecular complexity index is 1520. The zero-order valence-electron chi connectivity index (χ0n) is 24.3. The number of hydrogen-bond donors (Lipinski definition) is 3. The van der Waals surface area contributed by atoms with E-state index in [0.717, 1.165) is 25.0 Å². The van der Waals surface area contributed by atoms with E-state index in [2.05, 4.69) is 20.6 Å². The number of halogens is 1. The van der Waals surface area contributed by atoms with Gasteiger partial charge in [0, 0.05) is 36.5 Å². The van der Waals surface area contributed by atoms with E-state index < -0.39 is 11.4 Å². The number of likely N-dealkylation sites (tertiary alicyclic amines) is 1. The molecule has 4 heterocycles. The van der Waals surface area contributed by atoms with Crippen molar-refractivity contribution in [2.45, 2.75) is 64.1 Å². The highest BCUT2D eigenvalue weighted by Gasteiger charge is 2.49. The summed E-state index contributed by atoms with van der Waals surface area (Å²) in [6.07, 6.45) is 6.52. The number of pyridine rings is 1. The number of H-pyrrole nitrogens is 1. The number of aromatic nitrogens is 2. The van der Waals surface area contributed by atoms with Gasteiger partial charge in [-0.25, -0.2) is 9.18 Å². The van der Waals surface area contributed by atoms with Crippen molar-refractivity contribution in [3.63, 3.8) is 0 Å². The van der Waals surface area contributed by atoms with Crippen molar-refractivity contribution in [2.24, 2.45) is 5.92 Å². The highest BCUT2D eigenvalue weighted by molar-refractivity contribution is 6.06. The van der Waals surface area contributed by atoms with Gasteiger partial charge in [-0.15, -0.1) is 0 Å². The Morgan fingerprint density at radius 3 is 2.86 bits per heavy atom. The van der Waals surface area contributed by atoms with Crippen LogP contribution < -0.4 is 20.1 Å². The number of nitrogens with one attached hydrogen (secondary N) is 3. The number of piperidine rings is 1. The summed E-state index contributed by atoms with van der Waals surface area (Å²) in [7, 11) is 1.40. The summed E-state index contributed by atoms with van der Waals surface area (Å²) in [5.74, 6) is 0.119. The fourth-order valence-electron chi connectivity index (χ4n) is 6.44. The molecule has 2 amide bonds. The summed E-state index contributed by atoms with van der Waals surface area (Å²) in [5, 5.41) is 6.15. The lowest BCUT2D eigenvalue weighted by Gasteiger charge is -2.36. The van der Waals surface area contributed by atoms with Crippen molar-refractivity contribution in [2.75, 3.05) is 25.6 Å². The molecule has 2 aliphatic heterocycles. The maximum Gasteiger partial charge on any atom is 0.410 e. The molecule has 3 aliphatic rings. The van der Waals surface area contributed by atoms with Crippen LogP contribution in [0.5, 0.6) is 11.5 Å². The van der Waals surface area contributed by atoms with Gasteiger partial charge >= 0.3 is 6.09 Å². The summed E-state index contributed by atoms with van der Waals surface area (Å²) in [6.45, 7) is 6.38. The van der Waals surface area contributed by atoms with E-state index in [-0.39, 0.29) is 36.4 Å². The minimum Gasteiger partial charge on any atom is -0.492 e. The third-order valence-corrected chi connectivity index (χ3v) is 8.20. The zero-order valence-corrected chi connectivity index (χ0v) is 24.3. The molecule has 1 saturated carbocycles. The number of fused-ring (bicyclic) bond motifs is 3. The Morgan fingerprint density at radius 1 is 1.24 bits per heavy atom. The second-order valence-electron chi connectivity index (χ2n) is 12.0. The van der Waals surface area contributed by atoms with E-state index in [9.17, 15) is 14.0 Å². The molecule has 1 aromatic carbocycles. The second-order valence-corrected chi connectivity index (χ2v) is 12.0. The average molecular weight is 578 g/mol. The Hall–Kier alpha value is -4.28. The van der Waals surface area contributed by atoms with Crippen molar-refractivity contribution in [3.8, 4) is 22.8 Å². The van der Waals surface area contributed by atoms with Crippen LogP contribution in [0.3, 0.4) is 0 Å². The van der Waals surface area contributed by atoms with Crippen LogP contribution in [0.1, 0.15) is 56.1 Å². The van der Waals surface area contributed by atoms with Crippen LogP contribution in [0.15, 0.2) is 36.7 Å². The van der Waals surface area contributed by atoms with Gasteiger partial charge in [-0.2, -0.15) is 0 Å². The van der Waals surface area contributed by atoms with Crippen molar-refractivity contribution in [1.82, 2.24) is 20.2 Å². The first kappa shape index (κ1) is 27.9. The van der Waals surface area contributed by atoms with E-state index in [1.54, 1.807) is 24.5 Å². The molecule has 0 unspecified atom stereocenters. The van der Waals surface area contributed by atoms with Crippen LogP contribution in [0.4, 0.5) is 20.6 Å². The second kappa shape index (κ2) is 10.8. The lowest BCUT2D eigenvalue weighted by atomic mass is 9.99. The number of nitrogens with zero attached hydrogens (tertiary/aromatic N) is 2. The minimum atomic E-state index is -0.590. The predicted molar refractivity (Wildman–Crippen MR) is 155 cm³/mol. The zero-order chi connectivity index (χ0) is 29.6. The molecule has 1 saturated heterocycles. The van der Waals surface area contributed by atoms with E-state index in [4.69, 9.17) is 14.2 Å². The van der Waals surface area contributed by atoms with Crippen LogP contribution in [0, 0.1) is 11.7 Å². The molecule has 3 atom stereocenters. The third-order valence-electron chi connectivity index (χ3n) is 8.20. The molecule has 1 aliphatic carbocycles. The first-order valence-electron chi connectivity index (χ1n) is 14.4. The van der Waals surface area contributed by atoms with Crippen molar-refractivity contribution in [1.29, 1.82) is 0 Å². The third kappa shape index (κ3) is 5.12. The van der Waals surface area contributed by atoms with Crippen molar-refractivity contribution >= 4 is 23.4 Å². The number of carbonyl (C=O) groups excluding carboxylic acids is 2. The molecule has 11 heteroatoms. The van der Waals surface area contributed by atoms with E-state index in [1.807, 2.05) is 31.7 Å². The number of methoxy groups -OCH3 is 1. The molecule has 2 bridgehead atoms. The topological polar surface area (TPSA) is 118 Å². The molecule has 10 nitrogen and oxygen atoms in total. The standard InChI is InChI=1S/C31H36FN5O5/c1-31(2,3)42-30(39)37-18-9-8-17(14-18)23(37)16-41-24-15-33-12-10-19(24)26-27(25-21(35-26)11-13-34-29(25)38)36-22-7-5-6-20(32)28(22)40-4/h5-7,10,12,15,17-18,23,35-36H,8-9,11,13-14,16H2,1-4H3,(H,34,38)/t17-,18+,23+/m1/s1. The van der Waals surface area contributed by atoms with E-state index in [0.29, 0.717) is 52.8 Å². The van der Waals surface area contributed by atoms with Crippen LogP contribution in [-0.4, -0.2) is 64.8 Å². The molecule has 3 aromatic rings. The molecule has 0 radical (unpaired) electrons. The fourth-order valence-corrected chi connectivity index (χ4v) is 6.44. The Labute approximate surface area is 243 Å². The summed E-state index contributed by atoms with van der Waals surface area (Å²) < 4.78 is 32.0. The van der Waals surface area contributed by atoms with Gasteiger partial charge in [0.1, 0.15) is 18.0 Å². The molecular weight excluding hydrogens is 541 g/mol. The predicted octanol–water partition coefficient (Wildman–Crippen LogP) is 5.42. The van der Waals surface area contributed by atoms with E-state index >= 15 is 0 Å². The highest BCUT2D eigenvalue weighted by atomic mass is 19.1. The first-order valence-corrected chi connectivity index (χ1v) is 14.4. The van der Waals surface area contributed by atoms with E-state index in [1.165, 1.54) is 13.2 Å². The molecule has 6 rings (SSSR count). The SMILES string of the molecule is COc1c(F)cccc1Nc1c(-c2ccncc2OC[C@H]2[C@@H]3CC[C@@H](C3)N2C(=O)OC(C)(C)C)[nH]c2c1C(=O)NCC2. The number of rotatable bonds is 7. The molecule has 42 heavy (non-hydrogen) atoms. The van der Waals surface area contributed by atoms with Gasteiger partial charge in [0.25, 0.3) is 5.91 Å². The lowest BCUT2D eigenvalue weighted by Crippen LogP contribution is -2.49. The average Bonchev–Trinajstić information content (AvgIpc) is 3.65. The maximum absolute atomic E-state index is 14.6. The number of ether oxygens (including phenoxy) is 3. The van der Waals surface area contributed by atoms with Gasteiger partial charge in [0.05, 0.1) is 42.0 Å². The fraction of sp³-hybridized carbons (Fsp3) is 0.452. The van der Waals surface area contributed by atoms with Gasteiger partial charge < -0.3 is 29.8 Å². The number of para-hydroxylation sites is 1. The van der Waals surface area contributed by atoms with Gasteiger partial charge in [0.15, 0.2) is 11.6 Å². The number of benzene rings is 1. The van der Waals surface area contributed by atoms with Crippen LogP contribution >= 0.6 is 0 Å². The van der Waals surface area contributed by atoms with Gasteiger partial charge in [0.2, 0.25) is 0 Å². The molecule has 2 fully saturated rings. The number of amides is 2. The van der Waals surface area contributed by atoms with Gasteiger partial charge in [-0.1, -0.05) is 6.07 Å². The number of hydrogen-bond acceptors (Lipinski definition) is 7. The molecule has 3 N–H and O–H groups in total. The van der Waals surface area contributed by atoms with Crippen molar-refractivity contribution in [3.05, 3.63) is 53.7 Å². The highest BCUT2D eigenvalue weighted by Crippen LogP contribution is 2.45. The van der Waals surface area contributed by atoms with Gasteiger partial charge in [-0.3, -0.25) is 14.7 Å². The first-order chi connectivity index (χ1) is 20.1. The summed E-state index contributed by atoms with van der Waals surface area (Å²) in [6, 6.07) is 6.42. The summed E-state index contributed by atoms with van der Waals surface area (Å²) in [5.41, 5.74) is 2.78. The van der Waals surface area contributed by atoms with Crippen LogP contribution in [0.2, 0.25) is 0 Å². The monoisotopic (exact) mass is 577 g/mol. The Morgan fingerprint density at radius 2 is 2.07 bits per heavy atom. The smallest absolute Gasteiger partial charge is 0.410 e. The number of aromatic amines is 1. The Kier molecular flexibility index (Phi) is 7.20. The lowest BCUT2D eigenvalue weighted by molar-refractivity contribution is 0.00133. The van der Waals surface area contributed by atoms with Crippen LogP contribution in [-0.2, 0) is 11.2 Å². The quantitative estimate of drug-likeness (QED) is 0.343. The normalized spacial score (nSPS) is 21.1. The van der Waals surface area contributed by atoms with Crippen LogP contribution in [0.25, 0.3) is 11.3 Å².